The Hall–Kier alpha value is 0.340. The van der Waals surface area contributed by atoms with Gasteiger partial charge in [-0.05, 0) is 31.0 Å². The maximum Gasteiger partial charge on any atom is 0.242 e. The number of hydrogen-bond acceptors (Lipinski definition) is 3. The fourth-order valence-electron chi connectivity index (χ4n) is 2.06. The molecule has 1 aliphatic heterocycles. The van der Waals surface area contributed by atoms with Crippen LogP contribution in [0.5, 0.6) is 0 Å². The fourth-order valence-corrected chi connectivity index (χ4v) is 5.44. The van der Waals surface area contributed by atoms with E-state index in [0.29, 0.717) is 31.4 Å². The monoisotopic (exact) mass is 445 g/mol. The Bertz CT molecular complexity index is 588. The average molecular weight is 448 g/mol. The highest BCUT2D eigenvalue weighted by Crippen LogP contribution is 2.29. The number of hydrogen-bond donors (Lipinski definition) is 1. The lowest BCUT2D eigenvalue weighted by molar-refractivity contribution is 0.0557. The molecule has 0 saturated carbocycles. The van der Waals surface area contributed by atoms with Crippen LogP contribution in [-0.4, -0.2) is 32.5 Å². The SMILES string of the molecule is O=S(=O)(NC1(CBr)CCOCC1)c1ccc(Br)cc1Cl. The molecule has 0 spiro atoms. The highest BCUT2D eigenvalue weighted by atomic mass is 79.9. The molecule has 1 heterocycles. The first kappa shape index (κ1) is 16.7. The van der Waals surface area contributed by atoms with Crippen molar-refractivity contribution in [2.24, 2.45) is 0 Å². The summed E-state index contributed by atoms with van der Waals surface area (Å²) in [6, 6.07) is 4.72. The van der Waals surface area contributed by atoms with Crippen LogP contribution < -0.4 is 4.72 Å². The number of halogens is 3. The molecule has 0 aromatic heterocycles. The van der Waals surface area contributed by atoms with Crippen LogP contribution >= 0.6 is 43.5 Å². The van der Waals surface area contributed by atoms with E-state index >= 15 is 0 Å². The fraction of sp³-hybridized carbons (Fsp3) is 0.500. The molecule has 0 unspecified atom stereocenters. The second-order valence-corrected chi connectivity index (χ2v) is 8.24. The zero-order chi connectivity index (χ0) is 14.8. The Balaban J connectivity index is 2.30. The molecule has 0 bridgehead atoms. The lowest BCUT2D eigenvalue weighted by Crippen LogP contribution is -2.53. The van der Waals surface area contributed by atoms with E-state index in [1.54, 1.807) is 12.1 Å². The van der Waals surface area contributed by atoms with E-state index in [1.165, 1.54) is 6.07 Å². The van der Waals surface area contributed by atoms with Gasteiger partial charge in [0.25, 0.3) is 0 Å². The summed E-state index contributed by atoms with van der Waals surface area (Å²) in [5.41, 5.74) is -0.520. The zero-order valence-electron chi connectivity index (χ0n) is 10.5. The van der Waals surface area contributed by atoms with E-state index in [-0.39, 0.29) is 9.92 Å². The van der Waals surface area contributed by atoms with Crippen LogP contribution in [0.15, 0.2) is 27.6 Å². The van der Waals surface area contributed by atoms with Crippen molar-refractivity contribution in [3.8, 4) is 0 Å². The summed E-state index contributed by atoms with van der Waals surface area (Å²) in [5, 5.41) is 0.736. The van der Waals surface area contributed by atoms with Crippen LogP contribution in [-0.2, 0) is 14.8 Å². The first-order valence-electron chi connectivity index (χ1n) is 6.01. The van der Waals surface area contributed by atoms with Crippen LogP contribution in [0, 0.1) is 0 Å². The molecule has 0 radical (unpaired) electrons. The molecule has 0 aliphatic carbocycles. The predicted octanol–water partition coefficient (Wildman–Crippen LogP) is 3.32. The molecule has 1 aromatic rings. The molecule has 1 N–H and O–H groups in total. The molecule has 1 aromatic carbocycles. The Morgan fingerprint density at radius 1 is 1.35 bits per heavy atom. The summed E-state index contributed by atoms with van der Waals surface area (Å²) >= 11 is 12.7. The number of rotatable bonds is 4. The van der Waals surface area contributed by atoms with Crippen molar-refractivity contribution < 1.29 is 13.2 Å². The van der Waals surface area contributed by atoms with E-state index in [2.05, 4.69) is 36.6 Å². The summed E-state index contributed by atoms with van der Waals surface area (Å²) in [6.45, 7) is 1.09. The molecule has 8 heteroatoms. The Morgan fingerprint density at radius 3 is 2.55 bits per heavy atom. The molecular formula is C12H14Br2ClNO3S. The second-order valence-electron chi connectivity index (χ2n) is 4.71. The van der Waals surface area contributed by atoms with Gasteiger partial charge in [-0.1, -0.05) is 43.5 Å². The van der Waals surface area contributed by atoms with Gasteiger partial charge in [-0.15, -0.1) is 0 Å². The average Bonchev–Trinajstić information content (AvgIpc) is 2.38. The molecule has 20 heavy (non-hydrogen) atoms. The Morgan fingerprint density at radius 2 is 2.00 bits per heavy atom. The molecular weight excluding hydrogens is 433 g/mol. The summed E-state index contributed by atoms with van der Waals surface area (Å²) in [7, 11) is -3.67. The van der Waals surface area contributed by atoms with E-state index in [9.17, 15) is 8.42 Å². The van der Waals surface area contributed by atoms with Gasteiger partial charge in [0, 0.05) is 28.6 Å². The van der Waals surface area contributed by atoms with E-state index in [4.69, 9.17) is 16.3 Å². The number of alkyl halides is 1. The summed E-state index contributed by atoms with van der Waals surface area (Å²) in [6.07, 6.45) is 1.26. The molecule has 0 amide bonds. The van der Waals surface area contributed by atoms with Crippen molar-refractivity contribution in [1.29, 1.82) is 0 Å². The minimum Gasteiger partial charge on any atom is -0.381 e. The molecule has 4 nitrogen and oxygen atoms in total. The summed E-state index contributed by atoms with van der Waals surface area (Å²) in [5.74, 6) is 0. The zero-order valence-corrected chi connectivity index (χ0v) is 15.3. The quantitative estimate of drug-likeness (QED) is 0.721. The van der Waals surface area contributed by atoms with E-state index in [1.807, 2.05) is 0 Å². The predicted molar refractivity (Wildman–Crippen MR) is 86.1 cm³/mol. The smallest absolute Gasteiger partial charge is 0.242 e. The lowest BCUT2D eigenvalue weighted by Gasteiger charge is -2.36. The third-order valence-electron chi connectivity index (χ3n) is 3.24. The van der Waals surface area contributed by atoms with Crippen LogP contribution in [0.2, 0.25) is 5.02 Å². The van der Waals surface area contributed by atoms with Crippen molar-refractivity contribution in [3.05, 3.63) is 27.7 Å². The van der Waals surface area contributed by atoms with Gasteiger partial charge >= 0.3 is 0 Å². The number of nitrogens with one attached hydrogen (secondary N) is 1. The highest BCUT2D eigenvalue weighted by Gasteiger charge is 2.36. The van der Waals surface area contributed by atoms with Crippen LogP contribution in [0.25, 0.3) is 0 Å². The van der Waals surface area contributed by atoms with Gasteiger partial charge in [-0.3, -0.25) is 0 Å². The third-order valence-corrected chi connectivity index (χ3v) is 6.87. The molecule has 2 rings (SSSR count). The van der Waals surface area contributed by atoms with Gasteiger partial charge in [0.1, 0.15) is 4.90 Å². The van der Waals surface area contributed by atoms with Gasteiger partial charge in [-0.2, -0.15) is 0 Å². The largest absolute Gasteiger partial charge is 0.381 e. The highest BCUT2D eigenvalue weighted by molar-refractivity contribution is 9.10. The van der Waals surface area contributed by atoms with Crippen molar-refractivity contribution in [1.82, 2.24) is 4.72 Å². The first-order chi connectivity index (χ1) is 9.38. The molecule has 1 fully saturated rings. The Kier molecular flexibility index (Phi) is 5.53. The standard InChI is InChI=1S/C12H14Br2ClNO3S/c13-8-12(3-5-19-6-4-12)16-20(17,18)11-2-1-9(14)7-10(11)15/h1-2,7,16H,3-6,8H2. The van der Waals surface area contributed by atoms with Crippen molar-refractivity contribution in [2.45, 2.75) is 23.3 Å². The number of ether oxygens (including phenoxy) is 1. The second kappa shape index (κ2) is 6.62. The number of benzene rings is 1. The molecule has 1 saturated heterocycles. The first-order valence-corrected chi connectivity index (χ1v) is 9.79. The Labute approximate surface area is 140 Å². The minimum atomic E-state index is -3.67. The maximum atomic E-state index is 12.5. The van der Waals surface area contributed by atoms with Crippen molar-refractivity contribution in [3.63, 3.8) is 0 Å². The molecule has 1 aliphatic rings. The van der Waals surface area contributed by atoms with Gasteiger partial charge in [0.15, 0.2) is 0 Å². The normalized spacial score (nSPS) is 18.9. The van der Waals surface area contributed by atoms with Crippen molar-refractivity contribution >= 4 is 53.5 Å². The summed E-state index contributed by atoms with van der Waals surface area (Å²) < 4.78 is 33.9. The molecule has 112 valence electrons. The van der Waals surface area contributed by atoms with Crippen LogP contribution in [0.1, 0.15) is 12.8 Å². The van der Waals surface area contributed by atoms with Gasteiger partial charge in [0.2, 0.25) is 10.0 Å². The number of sulfonamides is 1. The maximum absolute atomic E-state index is 12.5. The topological polar surface area (TPSA) is 55.4 Å². The van der Waals surface area contributed by atoms with Gasteiger partial charge in [0.05, 0.1) is 5.02 Å². The lowest BCUT2D eigenvalue weighted by atomic mass is 9.94. The minimum absolute atomic E-state index is 0.0918. The molecule has 0 atom stereocenters. The van der Waals surface area contributed by atoms with Gasteiger partial charge in [-0.25, -0.2) is 13.1 Å². The van der Waals surface area contributed by atoms with Crippen molar-refractivity contribution in [2.75, 3.05) is 18.5 Å². The van der Waals surface area contributed by atoms with Crippen LogP contribution in [0.4, 0.5) is 0 Å². The van der Waals surface area contributed by atoms with Gasteiger partial charge < -0.3 is 4.74 Å². The van der Waals surface area contributed by atoms with Crippen LogP contribution in [0.3, 0.4) is 0 Å². The third kappa shape index (κ3) is 3.75. The van der Waals surface area contributed by atoms with E-state index < -0.39 is 15.6 Å². The van der Waals surface area contributed by atoms with E-state index in [0.717, 1.165) is 4.47 Å². The summed E-state index contributed by atoms with van der Waals surface area (Å²) in [4.78, 5) is 0.0918.